The summed E-state index contributed by atoms with van der Waals surface area (Å²) in [5, 5.41) is 17.8. The molecule has 8 nitrogen and oxygen atoms in total. The van der Waals surface area contributed by atoms with E-state index in [1.807, 2.05) is 24.4 Å². The first-order valence-electron chi connectivity index (χ1n) is 11.8. The Morgan fingerprint density at radius 1 is 1.25 bits per heavy atom. The lowest BCUT2D eigenvalue weighted by molar-refractivity contribution is 0.0663. The van der Waals surface area contributed by atoms with Crippen molar-refractivity contribution in [3.63, 3.8) is 0 Å². The van der Waals surface area contributed by atoms with Gasteiger partial charge in [0.1, 0.15) is 11.8 Å². The summed E-state index contributed by atoms with van der Waals surface area (Å²) in [6.07, 6.45) is 6.42. The molecule has 1 saturated heterocycles. The number of nitrogens with zero attached hydrogens (tertiary/aromatic N) is 5. The number of aryl methyl sites for hydroxylation is 1. The summed E-state index contributed by atoms with van der Waals surface area (Å²) >= 11 is 6.30. The number of halogens is 1. The van der Waals surface area contributed by atoms with Gasteiger partial charge in [0, 0.05) is 43.7 Å². The van der Waals surface area contributed by atoms with Crippen molar-refractivity contribution in [3.8, 4) is 6.07 Å². The standard InChI is InChI=1S/C27H25ClN6O2/c1-34-25(6-9-31-34)26(18-2-3-19(15-29)22(28)13-18)33-27(35)23-5-4-20-16-30-21(14-24(20)32-23)12-17-7-10-36-11-8-17/h2-6,9,13-14,16-17,26H,7-8,10-12H2,1H3,(H,33,35)/t26-/m0/s1. The molecule has 0 aliphatic carbocycles. The lowest BCUT2D eigenvalue weighted by Crippen LogP contribution is -2.31. The van der Waals surface area contributed by atoms with E-state index in [-0.39, 0.29) is 5.91 Å². The summed E-state index contributed by atoms with van der Waals surface area (Å²) in [7, 11) is 1.81. The number of nitrogens with one attached hydrogen (secondary N) is 1. The highest BCUT2D eigenvalue weighted by molar-refractivity contribution is 6.31. The van der Waals surface area contributed by atoms with Gasteiger partial charge in [-0.25, -0.2) is 4.98 Å². The van der Waals surface area contributed by atoms with Crippen LogP contribution in [-0.4, -0.2) is 38.9 Å². The van der Waals surface area contributed by atoms with Gasteiger partial charge in [0.05, 0.1) is 27.8 Å². The normalized spacial score (nSPS) is 14.9. The van der Waals surface area contributed by atoms with Gasteiger partial charge in [-0.05, 0) is 67.1 Å². The Labute approximate surface area is 213 Å². The maximum absolute atomic E-state index is 13.4. The van der Waals surface area contributed by atoms with Crippen molar-refractivity contribution in [2.75, 3.05) is 13.2 Å². The molecule has 1 aliphatic rings. The summed E-state index contributed by atoms with van der Waals surface area (Å²) in [5.41, 5.74) is 3.89. The second-order valence-corrected chi connectivity index (χ2v) is 9.37. The average molecular weight is 501 g/mol. The lowest BCUT2D eigenvalue weighted by atomic mass is 9.94. The van der Waals surface area contributed by atoms with E-state index in [0.717, 1.165) is 60.3 Å². The number of pyridine rings is 2. The number of aromatic nitrogens is 4. The zero-order valence-corrected chi connectivity index (χ0v) is 20.6. The van der Waals surface area contributed by atoms with Gasteiger partial charge in [-0.3, -0.25) is 14.5 Å². The van der Waals surface area contributed by atoms with E-state index >= 15 is 0 Å². The van der Waals surface area contributed by atoms with E-state index in [9.17, 15) is 10.1 Å². The molecule has 1 atom stereocenters. The monoisotopic (exact) mass is 500 g/mol. The zero-order chi connectivity index (χ0) is 25.1. The molecule has 1 aromatic carbocycles. The Balaban J connectivity index is 1.42. The number of carbonyl (C=O) groups is 1. The first-order chi connectivity index (χ1) is 17.5. The van der Waals surface area contributed by atoms with Crippen molar-refractivity contribution in [3.05, 3.63) is 88.1 Å². The Kier molecular flexibility index (Phi) is 6.94. The molecule has 1 N–H and O–H groups in total. The molecule has 3 aromatic heterocycles. The van der Waals surface area contributed by atoms with E-state index < -0.39 is 6.04 Å². The maximum Gasteiger partial charge on any atom is 0.270 e. The van der Waals surface area contributed by atoms with Crippen LogP contribution < -0.4 is 5.32 Å². The summed E-state index contributed by atoms with van der Waals surface area (Å²) < 4.78 is 7.15. The summed E-state index contributed by atoms with van der Waals surface area (Å²) in [6, 6.07) is 14.0. The predicted molar refractivity (Wildman–Crippen MR) is 135 cm³/mol. The first-order valence-corrected chi connectivity index (χ1v) is 12.2. The number of rotatable bonds is 6. The van der Waals surface area contributed by atoms with Crippen LogP contribution in [0.3, 0.4) is 0 Å². The molecule has 36 heavy (non-hydrogen) atoms. The van der Waals surface area contributed by atoms with Gasteiger partial charge < -0.3 is 10.1 Å². The molecule has 0 radical (unpaired) electrons. The number of fused-ring (bicyclic) bond motifs is 1. The molecule has 4 heterocycles. The van der Waals surface area contributed by atoms with Crippen molar-refractivity contribution < 1.29 is 9.53 Å². The van der Waals surface area contributed by atoms with E-state index in [2.05, 4.69) is 26.5 Å². The second kappa shape index (κ2) is 10.4. The largest absolute Gasteiger partial charge is 0.381 e. The molecule has 4 aromatic rings. The van der Waals surface area contributed by atoms with Crippen LogP contribution in [0.5, 0.6) is 0 Å². The van der Waals surface area contributed by atoms with Crippen LogP contribution in [0.4, 0.5) is 0 Å². The molecule has 1 aliphatic heterocycles. The van der Waals surface area contributed by atoms with Gasteiger partial charge in [-0.15, -0.1) is 0 Å². The van der Waals surface area contributed by atoms with Crippen molar-refractivity contribution in [2.24, 2.45) is 13.0 Å². The van der Waals surface area contributed by atoms with Crippen molar-refractivity contribution in [1.82, 2.24) is 25.1 Å². The van der Waals surface area contributed by atoms with Crippen molar-refractivity contribution >= 4 is 28.4 Å². The molecule has 5 rings (SSSR count). The third-order valence-electron chi connectivity index (χ3n) is 6.58. The highest BCUT2D eigenvalue weighted by atomic mass is 35.5. The molecule has 182 valence electrons. The minimum atomic E-state index is -0.533. The number of hydrogen-bond acceptors (Lipinski definition) is 6. The van der Waals surface area contributed by atoms with E-state index in [4.69, 9.17) is 16.3 Å². The van der Waals surface area contributed by atoms with Crippen LogP contribution in [0.1, 0.15) is 51.9 Å². The highest BCUT2D eigenvalue weighted by Crippen LogP contribution is 2.27. The molecular weight excluding hydrogens is 476 g/mol. The Hall–Kier alpha value is -3.80. The van der Waals surface area contributed by atoms with Gasteiger partial charge in [0.15, 0.2) is 0 Å². The maximum atomic E-state index is 13.4. The fraction of sp³-hybridized carbons (Fsp3) is 0.296. The van der Waals surface area contributed by atoms with Crippen LogP contribution in [0.2, 0.25) is 5.02 Å². The summed E-state index contributed by atoms with van der Waals surface area (Å²) in [5.74, 6) is 0.223. The van der Waals surface area contributed by atoms with Crippen molar-refractivity contribution in [1.29, 1.82) is 5.26 Å². The SMILES string of the molecule is Cn1nccc1[C@@H](NC(=O)c1ccc2cnc(CC3CCOCC3)cc2n1)c1ccc(C#N)c(Cl)c1. The van der Waals surface area contributed by atoms with Crippen LogP contribution in [-0.2, 0) is 18.2 Å². The zero-order valence-electron chi connectivity index (χ0n) is 19.8. The minimum absolute atomic E-state index is 0.303. The fourth-order valence-corrected chi connectivity index (χ4v) is 4.78. The van der Waals surface area contributed by atoms with Gasteiger partial charge in [0.2, 0.25) is 0 Å². The number of amides is 1. The number of hydrogen-bond donors (Lipinski definition) is 1. The van der Waals surface area contributed by atoms with Crippen LogP contribution in [0, 0.1) is 17.2 Å². The highest BCUT2D eigenvalue weighted by Gasteiger charge is 2.23. The molecule has 0 saturated carbocycles. The van der Waals surface area contributed by atoms with Crippen molar-refractivity contribution in [2.45, 2.75) is 25.3 Å². The topological polar surface area (TPSA) is 106 Å². The molecule has 0 spiro atoms. The molecule has 0 bridgehead atoms. The summed E-state index contributed by atoms with van der Waals surface area (Å²) in [6.45, 7) is 1.59. The summed E-state index contributed by atoms with van der Waals surface area (Å²) in [4.78, 5) is 22.6. The van der Waals surface area contributed by atoms with Gasteiger partial charge in [-0.2, -0.15) is 10.4 Å². The number of carbonyl (C=O) groups excluding carboxylic acids is 1. The van der Waals surface area contributed by atoms with Crippen LogP contribution >= 0.6 is 11.6 Å². The Bertz CT molecular complexity index is 1450. The number of nitriles is 1. The van der Waals surface area contributed by atoms with Gasteiger partial charge in [-0.1, -0.05) is 17.7 Å². The average Bonchev–Trinajstić information content (AvgIpc) is 3.32. The smallest absolute Gasteiger partial charge is 0.270 e. The third-order valence-corrected chi connectivity index (χ3v) is 6.89. The van der Waals surface area contributed by atoms with E-state index in [1.165, 1.54) is 0 Å². The third kappa shape index (κ3) is 5.08. The Morgan fingerprint density at radius 3 is 2.81 bits per heavy atom. The minimum Gasteiger partial charge on any atom is -0.381 e. The fourth-order valence-electron chi connectivity index (χ4n) is 4.54. The second-order valence-electron chi connectivity index (χ2n) is 8.96. The quantitative estimate of drug-likeness (QED) is 0.421. The Morgan fingerprint density at radius 2 is 2.08 bits per heavy atom. The first kappa shape index (κ1) is 23.9. The number of ether oxygens (including phenoxy) is 1. The van der Waals surface area contributed by atoms with Crippen LogP contribution in [0.25, 0.3) is 10.9 Å². The molecular formula is C27H25ClN6O2. The number of benzene rings is 1. The molecule has 9 heteroatoms. The molecule has 1 amide bonds. The predicted octanol–water partition coefficient (Wildman–Crippen LogP) is 4.38. The van der Waals surface area contributed by atoms with E-state index in [1.54, 1.807) is 42.2 Å². The molecule has 1 fully saturated rings. The molecule has 0 unspecified atom stereocenters. The lowest BCUT2D eigenvalue weighted by Gasteiger charge is -2.21. The van der Waals surface area contributed by atoms with Gasteiger partial charge in [0.25, 0.3) is 5.91 Å². The van der Waals surface area contributed by atoms with Gasteiger partial charge >= 0.3 is 0 Å². The van der Waals surface area contributed by atoms with E-state index in [0.29, 0.717) is 22.2 Å². The van der Waals surface area contributed by atoms with Crippen LogP contribution in [0.15, 0.2) is 54.9 Å².